The Morgan fingerprint density at radius 3 is 2.74 bits per heavy atom. The SMILES string of the molecule is COc1ccc(Cl)cc1NC(=O)c1csc(C2CCN(C(=O)c3ccc4nonc4c3)CC2)n1. The van der Waals surface area contributed by atoms with Crippen LogP contribution in [0.25, 0.3) is 11.0 Å². The quantitative estimate of drug-likeness (QED) is 0.428. The highest BCUT2D eigenvalue weighted by Gasteiger charge is 2.27. The Kier molecular flexibility index (Phi) is 6.16. The van der Waals surface area contributed by atoms with Crippen molar-refractivity contribution in [3.05, 3.63) is 63.1 Å². The summed E-state index contributed by atoms with van der Waals surface area (Å²) in [6.45, 7) is 1.22. The summed E-state index contributed by atoms with van der Waals surface area (Å²) in [6.07, 6.45) is 1.55. The highest BCUT2D eigenvalue weighted by molar-refractivity contribution is 7.10. The standard InChI is InChI=1S/C23H20ClN5O4S/c1-32-20-5-3-15(24)11-18(20)25-21(30)19-12-34-22(26-19)13-6-8-29(9-7-13)23(31)14-2-4-16-17(10-14)28-33-27-16/h2-5,10-13H,6-9H2,1H3,(H,25,30). The van der Waals surface area contributed by atoms with Crippen molar-refractivity contribution in [3.63, 3.8) is 0 Å². The number of thiazole rings is 1. The van der Waals surface area contributed by atoms with E-state index in [1.165, 1.54) is 18.4 Å². The maximum absolute atomic E-state index is 12.9. The number of hydrogen-bond acceptors (Lipinski definition) is 8. The van der Waals surface area contributed by atoms with E-state index in [1.54, 1.807) is 41.8 Å². The van der Waals surface area contributed by atoms with Gasteiger partial charge in [0.05, 0.1) is 17.8 Å². The normalized spacial score (nSPS) is 14.4. The van der Waals surface area contributed by atoms with Crippen LogP contribution in [0.2, 0.25) is 5.02 Å². The number of aromatic nitrogens is 3. The van der Waals surface area contributed by atoms with Crippen molar-refractivity contribution in [1.82, 2.24) is 20.2 Å². The molecule has 11 heteroatoms. The second-order valence-corrected chi connectivity index (χ2v) is 9.23. The summed E-state index contributed by atoms with van der Waals surface area (Å²) in [5.74, 6) is 0.342. The number of benzene rings is 2. The van der Waals surface area contributed by atoms with Gasteiger partial charge in [0, 0.05) is 35.0 Å². The molecule has 0 atom stereocenters. The predicted molar refractivity (Wildman–Crippen MR) is 128 cm³/mol. The fourth-order valence-electron chi connectivity index (χ4n) is 3.97. The lowest BCUT2D eigenvalue weighted by molar-refractivity contribution is 0.0713. The highest BCUT2D eigenvalue weighted by atomic mass is 35.5. The molecule has 2 aromatic heterocycles. The minimum absolute atomic E-state index is 0.0435. The molecule has 2 aromatic carbocycles. The van der Waals surface area contributed by atoms with Gasteiger partial charge < -0.3 is 15.0 Å². The second-order valence-electron chi connectivity index (χ2n) is 7.90. The molecule has 1 saturated heterocycles. The molecule has 0 spiro atoms. The number of fused-ring (bicyclic) bond motifs is 1. The summed E-state index contributed by atoms with van der Waals surface area (Å²) in [5.41, 5.74) is 2.57. The van der Waals surface area contributed by atoms with Gasteiger partial charge >= 0.3 is 0 Å². The summed E-state index contributed by atoms with van der Waals surface area (Å²) in [4.78, 5) is 32.0. The van der Waals surface area contributed by atoms with Crippen molar-refractivity contribution in [1.29, 1.82) is 0 Å². The van der Waals surface area contributed by atoms with E-state index in [0.717, 1.165) is 17.8 Å². The van der Waals surface area contributed by atoms with Crippen LogP contribution in [0.1, 0.15) is 44.6 Å². The lowest BCUT2D eigenvalue weighted by Gasteiger charge is -2.31. The molecule has 2 amide bonds. The van der Waals surface area contributed by atoms with E-state index in [4.69, 9.17) is 21.0 Å². The molecule has 1 N–H and O–H groups in total. The molecule has 1 fully saturated rings. The maximum atomic E-state index is 12.9. The minimum Gasteiger partial charge on any atom is -0.495 e. The first-order valence-corrected chi connectivity index (χ1v) is 11.9. The van der Waals surface area contributed by atoms with Crippen LogP contribution in [0.15, 0.2) is 46.4 Å². The smallest absolute Gasteiger partial charge is 0.275 e. The molecule has 174 valence electrons. The first-order valence-electron chi connectivity index (χ1n) is 10.6. The topological polar surface area (TPSA) is 110 Å². The van der Waals surface area contributed by atoms with Crippen molar-refractivity contribution in [2.24, 2.45) is 0 Å². The third-order valence-electron chi connectivity index (χ3n) is 5.80. The van der Waals surface area contributed by atoms with Gasteiger partial charge in [-0.2, -0.15) is 0 Å². The van der Waals surface area contributed by atoms with Crippen LogP contribution in [-0.2, 0) is 0 Å². The number of likely N-dealkylation sites (tertiary alicyclic amines) is 1. The summed E-state index contributed by atoms with van der Waals surface area (Å²) < 4.78 is 9.99. The number of piperidine rings is 1. The number of anilines is 1. The van der Waals surface area contributed by atoms with Gasteiger partial charge in [-0.25, -0.2) is 9.61 Å². The Labute approximate surface area is 203 Å². The lowest BCUT2D eigenvalue weighted by atomic mass is 9.97. The Balaban J connectivity index is 1.21. The first-order chi connectivity index (χ1) is 16.5. The Hall–Kier alpha value is -3.50. The van der Waals surface area contributed by atoms with Gasteiger partial charge in [-0.05, 0) is 59.6 Å². The molecule has 0 radical (unpaired) electrons. The Morgan fingerprint density at radius 2 is 1.94 bits per heavy atom. The van der Waals surface area contributed by atoms with Crippen molar-refractivity contribution < 1.29 is 19.0 Å². The molecule has 3 heterocycles. The maximum Gasteiger partial charge on any atom is 0.275 e. The van der Waals surface area contributed by atoms with Gasteiger partial charge in [0.15, 0.2) is 0 Å². The zero-order chi connectivity index (χ0) is 23.7. The summed E-state index contributed by atoms with van der Waals surface area (Å²) in [5, 5.41) is 13.5. The fraction of sp³-hybridized carbons (Fsp3) is 0.261. The fourth-order valence-corrected chi connectivity index (χ4v) is 5.11. The number of hydrogen-bond donors (Lipinski definition) is 1. The Bertz CT molecular complexity index is 1360. The van der Waals surface area contributed by atoms with Crippen molar-refractivity contribution in [2.45, 2.75) is 18.8 Å². The monoisotopic (exact) mass is 497 g/mol. The number of nitrogens with one attached hydrogen (secondary N) is 1. The van der Waals surface area contributed by atoms with Gasteiger partial charge in [-0.15, -0.1) is 11.3 Å². The molecule has 9 nitrogen and oxygen atoms in total. The molecule has 34 heavy (non-hydrogen) atoms. The van der Waals surface area contributed by atoms with E-state index in [2.05, 4.69) is 20.6 Å². The number of carbonyl (C=O) groups excluding carboxylic acids is 2. The van der Waals surface area contributed by atoms with E-state index < -0.39 is 0 Å². The average Bonchev–Trinajstić information content (AvgIpc) is 3.53. The number of nitrogens with zero attached hydrogens (tertiary/aromatic N) is 4. The highest BCUT2D eigenvalue weighted by Crippen LogP contribution is 2.32. The molecular formula is C23H20ClN5O4S. The van der Waals surface area contributed by atoms with Crippen LogP contribution in [0.3, 0.4) is 0 Å². The molecule has 0 saturated carbocycles. The van der Waals surface area contributed by atoms with Gasteiger partial charge in [-0.3, -0.25) is 9.59 Å². The summed E-state index contributed by atoms with van der Waals surface area (Å²) >= 11 is 7.50. The second kappa shape index (κ2) is 9.40. The van der Waals surface area contributed by atoms with Gasteiger partial charge in [0.25, 0.3) is 11.8 Å². The molecule has 0 bridgehead atoms. The van der Waals surface area contributed by atoms with Gasteiger partial charge in [0.2, 0.25) is 0 Å². The van der Waals surface area contributed by atoms with Gasteiger partial charge in [-0.1, -0.05) is 11.6 Å². The van der Waals surface area contributed by atoms with Crippen LogP contribution >= 0.6 is 22.9 Å². The molecule has 0 aliphatic carbocycles. The third kappa shape index (κ3) is 4.46. The Morgan fingerprint density at radius 1 is 1.15 bits per heavy atom. The van der Waals surface area contributed by atoms with E-state index >= 15 is 0 Å². The number of rotatable bonds is 5. The number of carbonyl (C=O) groups is 2. The third-order valence-corrected chi connectivity index (χ3v) is 7.04. The largest absolute Gasteiger partial charge is 0.495 e. The van der Waals surface area contributed by atoms with Crippen LogP contribution in [0.4, 0.5) is 5.69 Å². The zero-order valence-electron chi connectivity index (χ0n) is 18.2. The summed E-state index contributed by atoms with van der Waals surface area (Å²) in [6, 6.07) is 10.2. The molecule has 1 aliphatic rings. The average molecular weight is 498 g/mol. The van der Waals surface area contributed by atoms with E-state index in [9.17, 15) is 9.59 Å². The van der Waals surface area contributed by atoms with Crippen LogP contribution in [-0.4, -0.2) is 52.2 Å². The van der Waals surface area contributed by atoms with Crippen LogP contribution in [0.5, 0.6) is 5.75 Å². The molecule has 5 rings (SSSR count). The number of halogens is 1. The van der Waals surface area contributed by atoms with Crippen molar-refractivity contribution >= 4 is 51.5 Å². The molecule has 4 aromatic rings. The number of amides is 2. The van der Waals surface area contributed by atoms with Gasteiger partial charge in [0.1, 0.15) is 22.5 Å². The zero-order valence-corrected chi connectivity index (χ0v) is 19.7. The number of methoxy groups -OCH3 is 1. The van der Waals surface area contributed by atoms with E-state index in [1.807, 2.05) is 4.90 Å². The van der Waals surface area contributed by atoms with Crippen molar-refractivity contribution in [2.75, 3.05) is 25.5 Å². The van der Waals surface area contributed by atoms with Crippen LogP contribution in [0, 0.1) is 0 Å². The number of ether oxygens (including phenoxy) is 1. The minimum atomic E-state index is -0.326. The summed E-state index contributed by atoms with van der Waals surface area (Å²) in [7, 11) is 1.53. The first kappa shape index (κ1) is 22.3. The molecule has 0 unspecified atom stereocenters. The molecule has 1 aliphatic heterocycles. The van der Waals surface area contributed by atoms with E-state index in [0.29, 0.717) is 51.8 Å². The van der Waals surface area contributed by atoms with Crippen molar-refractivity contribution in [3.8, 4) is 5.75 Å². The lowest BCUT2D eigenvalue weighted by Crippen LogP contribution is -2.37. The van der Waals surface area contributed by atoms with E-state index in [-0.39, 0.29) is 17.7 Å². The molecular weight excluding hydrogens is 478 g/mol. The van der Waals surface area contributed by atoms with Crippen LogP contribution < -0.4 is 10.1 Å². The predicted octanol–water partition coefficient (Wildman–Crippen LogP) is 4.61.